The molecular weight excluding hydrogens is 298 g/mol. The Morgan fingerprint density at radius 3 is 2.57 bits per heavy atom. The molecule has 0 aromatic rings. The Labute approximate surface area is 137 Å². The van der Waals surface area contributed by atoms with Crippen molar-refractivity contribution in [2.24, 2.45) is 0 Å². The maximum absolute atomic E-state index is 11.8. The summed E-state index contributed by atoms with van der Waals surface area (Å²) in [5, 5.41) is 0. The van der Waals surface area contributed by atoms with Crippen LogP contribution >= 0.6 is 0 Å². The summed E-state index contributed by atoms with van der Waals surface area (Å²) in [7, 11) is 1.25. The predicted molar refractivity (Wildman–Crippen MR) is 85.6 cm³/mol. The van der Waals surface area contributed by atoms with E-state index in [9.17, 15) is 14.4 Å². The number of likely N-dealkylation sites (tertiary alicyclic amines) is 1. The predicted octanol–water partition coefficient (Wildman–Crippen LogP) is 2.22. The fourth-order valence-corrected chi connectivity index (χ4v) is 2.46. The van der Waals surface area contributed by atoms with Crippen LogP contribution in [0.15, 0.2) is 12.2 Å². The van der Waals surface area contributed by atoms with E-state index < -0.39 is 11.9 Å². The molecule has 0 aromatic heterocycles. The molecule has 23 heavy (non-hydrogen) atoms. The Balaban J connectivity index is 2.00. The smallest absolute Gasteiger partial charge is 0.331 e. The van der Waals surface area contributed by atoms with Crippen molar-refractivity contribution in [3.05, 3.63) is 12.2 Å². The molecule has 6 heteroatoms. The van der Waals surface area contributed by atoms with Gasteiger partial charge in [-0.2, -0.15) is 0 Å². The minimum atomic E-state index is -0.579. The third kappa shape index (κ3) is 9.01. The fourth-order valence-electron chi connectivity index (χ4n) is 2.46. The number of esters is 2. The summed E-state index contributed by atoms with van der Waals surface area (Å²) < 4.78 is 9.34. The number of nitrogens with zero attached hydrogens (tertiary/aromatic N) is 1. The molecule has 0 aliphatic carbocycles. The quantitative estimate of drug-likeness (QED) is 0.369. The van der Waals surface area contributed by atoms with E-state index >= 15 is 0 Å². The van der Waals surface area contributed by atoms with E-state index in [0.717, 1.165) is 70.2 Å². The van der Waals surface area contributed by atoms with Gasteiger partial charge in [0.2, 0.25) is 5.91 Å². The average molecular weight is 325 g/mol. The first-order valence-electron chi connectivity index (χ1n) is 8.34. The number of methoxy groups -OCH3 is 1. The van der Waals surface area contributed by atoms with Crippen molar-refractivity contribution in [3.8, 4) is 0 Å². The monoisotopic (exact) mass is 325 g/mol. The highest BCUT2D eigenvalue weighted by molar-refractivity contribution is 5.91. The molecule has 1 saturated heterocycles. The van der Waals surface area contributed by atoms with Crippen molar-refractivity contribution < 1.29 is 23.9 Å². The lowest BCUT2D eigenvalue weighted by molar-refractivity contribution is -0.139. The van der Waals surface area contributed by atoms with E-state index in [0.29, 0.717) is 13.0 Å². The number of unbranched alkanes of at least 4 members (excludes halogenated alkanes) is 3. The lowest BCUT2D eigenvalue weighted by Crippen LogP contribution is -2.31. The SMILES string of the molecule is COC(=O)C=CC(=O)OCCCCCCN1CCCCCC1=O. The second kappa shape index (κ2) is 11.7. The molecule has 0 N–H and O–H groups in total. The van der Waals surface area contributed by atoms with Gasteiger partial charge in [0, 0.05) is 31.7 Å². The van der Waals surface area contributed by atoms with E-state index in [2.05, 4.69) is 4.74 Å². The first-order valence-corrected chi connectivity index (χ1v) is 8.34. The minimum Gasteiger partial charge on any atom is -0.466 e. The van der Waals surface area contributed by atoms with Gasteiger partial charge in [-0.25, -0.2) is 9.59 Å². The number of ether oxygens (including phenoxy) is 2. The summed E-state index contributed by atoms with van der Waals surface area (Å²) in [6.45, 7) is 2.07. The molecule has 0 bridgehead atoms. The normalized spacial score (nSPS) is 15.5. The molecule has 1 heterocycles. The van der Waals surface area contributed by atoms with Crippen LogP contribution in [0.4, 0.5) is 0 Å². The fraction of sp³-hybridized carbons (Fsp3) is 0.706. The zero-order valence-corrected chi connectivity index (χ0v) is 13.9. The number of amides is 1. The van der Waals surface area contributed by atoms with Gasteiger partial charge in [-0.05, 0) is 32.1 Å². The third-order valence-electron chi connectivity index (χ3n) is 3.79. The zero-order chi connectivity index (χ0) is 16.9. The standard InChI is InChI=1S/C17H27NO5/c1-22-16(20)10-11-17(21)23-14-8-3-2-6-12-18-13-7-4-5-9-15(18)19/h10-11H,2-9,12-14H2,1H3. The molecule has 0 aromatic carbocycles. The van der Waals surface area contributed by atoms with Crippen LogP contribution in [-0.4, -0.2) is 49.6 Å². The van der Waals surface area contributed by atoms with Crippen LogP contribution in [0.25, 0.3) is 0 Å². The Bertz CT molecular complexity index is 419. The van der Waals surface area contributed by atoms with Crippen LogP contribution in [0.2, 0.25) is 0 Å². The molecule has 0 radical (unpaired) electrons. The van der Waals surface area contributed by atoms with Crippen molar-refractivity contribution in [3.63, 3.8) is 0 Å². The summed E-state index contributed by atoms with van der Waals surface area (Å²) in [6, 6.07) is 0. The lowest BCUT2D eigenvalue weighted by Gasteiger charge is -2.20. The van der Waals surface area contributed by atoms with Crippen molar-refractivity contribution in [2.45, 2.75) is 51.4 Å². The number of carbonyl (C=O) groups is 3. The van der Waals surface area contributed by atoms with Gasteiger partial charge in [-0.3, -0.25) is 4.79 Å². The maximum Gasteiger partial charge on any atom is 0.331 e. The van der Waals surface area contributed by atoms with Gasteiger partial charge >= 0.3 is 11.9 Å². The van der Waals surface area contributed by atoms with Crippen LogP contribution in [0, 0.1) is 0 Å². The van der Waals surface area contributed by atoms with Crippen LogP contribution < -0.4 is 0 Å². The summed E-state index contributed by atoms with van der Waals surface area (Å²) in [4.78, 5) is 35.9. The lowest BCUT2D eigenvalue weighted by atomic mass is 10.2. The summed E-state index contributed by atoms with van der Waals surface area (Å²) in [6.07, 6.45) is 9.82. The molecule has 1 rings (SSSR count). The Morgan fingerprint density at radius 1 is 1.04 bits per heavy atom. The molecule has 0 unspecified atom stereocenters. The summed E-state index contributed by atoms with van der Waals surface area (Å²) in [5.41, 5.74) is 0. The third-order valence-corrected chi connectivity index (χ3v) is 3.79. The highest BCUT2D eigenvalue weighted by Gasteiger charge is 2.15. The Morgan fingerprint density at radius 2 is 1.78 bits per heavy atom. The van der Waals surface area contributed by atoms with Crippen molar-refractivity contribution in [2.75, 3.05) is 26.8 Å². The van der Waals surface area contributed by atoms with Crippen molar-refractivity contribution >= 4 is 17.8 Å². The van der Waals surface area contributed by atoms with E-state index in [1.807, 2.05) is 4.90 Å². The van der Waals surface area contributed by atoms with Gasteiger partial charge in [0.1, 0.15) is 0 Å². The van der Waals surface area contributed by atoms with Crippen LogP contribution in [0.1, 0.15) is 51.4 Å². The van der Waals surface area contributed by atoms with Gasteiger partial charge in [-0.1, -0.05) is 12.8 Å². The van der Waals surface area contributed by atoms with Gasteiger partial charge < -0.3 is 14.4 Å². The molecule has 1 aliphatic heterocycles. The molecule has 130 valence electrons. The minimum absolute atomic E-state index is 0.286. The van der Waals surface area contributed by atoms with Gasteiger partial charge in [-0.15, -0.1) is 0 Å². The highest BCUT2D eigenvalue weighted by Crippen LogP contribution is 2.12. The molecule has 1 aliphatic rings. The Hall–Kier alpha value is -1.85. The van der Waals surface area contributed by atoms with Gasteiger partial charge in [0.05, 0.1) is 13.7 Å². The van der Waals surface area contributed by atoms with Crippen molar-refractivity contribution in [1.29, 1.82) is 0 Å². The van der Waals surface area contributed by atoms with E-state index in [4.69, 9.17) is 4.74 Å². The Kier molecular flexibility index (Phi) is 9.75. The number of hydrogen-bond acceptors (Lipinski definition) is 5. The van der Waals surface area contributed by atoms with Crippen LogP contribution in [-0.2, 0) is 23.9 Å². The van der Waals surface area contributed by atoms with Gasteiger partial charge in [0.25, 0.3) is 0 Å². The largest absolute Gasteiger partial charge is 0.466 e. The first kappa shape index (κ1) is 19.2. The molecule has 0 spiro atoms. The second-order valence-electron chi connectivity index (χ2n) is 5.63. The average Bonchev–Trinajstić information content (AvgIpc) is 2.76. The van der Waals surface area contributed by atoms with E-state index in [1.54, 1.807) is 0 Å². The van der Waals surface area contributed by atoms with E-state index in [-0.39, 0.29) is 5.91 Å². The molecule has 1 amide bonds. The summed E-state index contributed by atoms with van der Waals surface area (Å²) in [5.74, 6) is -0.829. The number of carbonyl (C=O) groups excluding carboxylic acids is 3. The van der Waals surface area contributed by atoms with Crippen LogP contribution in [0.5, 0.6) is 0 Å². The molecule has 1 fully saturated rings. The summed E-state index contributed by atoms with van der Waals surface area (Å²) >= 11 is 0. The second-order valence-corrected chi connectivity index (χ2v) is 5.63. The molecule has 0 atom stereocenters. The zero-order valence-electron chi connectivity index (χ0n) is 13.9. The molecular formula is C17H27NO5. The number of hydrogen-bond donors (Lipinski definition) is 0. The van der Waals surface area contributed by atoms with Crippen molar-refractivity contribution in [1.82, 2.24) is 4.90 Å². The first-order chi connectivity index (χ1) is 11.1. The maximum atomic E-state index is 11.8. The number of rotatable bonds is 9. The molecule has 0 saturated carbocycles. The molecule has 6 nitrogen and oxygen atoms in total. The topological polar surface area (TPSA) is 72.9 Å². The van der Waals surface area contributed by atoms with Crippen LogP contribution in [0.3, 0.4) is 0 Å². The highest BCUT2D eigenvalue weighted by atomic mass is 16.5. The van der Waals surface area contributed by atoms with E-state index in [1.165, 1.54) is 7.11 Å². The van der Waals surface area contributed by atoms with Gasteiger partial charge in [0.15, 0.2) is 0 Å².